The van der Waals surface area contributed by atoms with Gasteiger partial charge in [-0.15, -0.1) is 24.0 Å². The molecule has 0 bridgehead atoms. The second kappa shape index (κ2) is 15.8. The summed E-state index contributed by atoms with van der Waals surface area (Å²) in [6, 6.07) is 7.87. The minimum atomic E-state index is -3.30. The van der Waals surface area contributed by atoms with Crippen molar-refractivity contribution in [3.63, 3.8) is 0 Å². The summed E-state index contributed by atoms with van der Waals surface area (Å²) in [5.41, 5.74) is 1.85. The van der Waals surface area contributed by atoms with Gasteiger partial charge >= 0.3 is 0 Å². The third-order valence-corrected chi connectivity index (χ3v) is 6.41. The Morgan fingerprint density at radius 2 is 1.65 bits per heavy atom. The van der Waals surface area contributed by atoms with E-state index in [-0.39, 0.29) is 35.8 Å². The Morgan fingerprint density at radius 3 is 2.16 bits per heavy atom. The summed E-state index contributed by atoms with van der Waals surface area (Å²) in [6.07, 6.45) is 2.24. The van der Waals surface area contributed by atoms with Gasteiger partial charge in [0.1, 0.15) is 0 Å². The number of nitrogens with zero attached hydrogens (tertiary/aromatic N) is 2. The Balaban J connectivity index is 0.00000900. The Morgan fingerprint density at radius 1 is 1.06 bits per heavy atom. The molecular formula is C22H42IN5O2S. The van der Waals surface area contributed by atoms with Crippen molar-refractivity contribution >= 4 is 40.0 Å². The number of rotatable bonds is 13. The Hall–Kier alpha value is -0.910. The summed E-state index contributed by atoms with van der Waals surface area (Å²) in [7, 11) is -1.53. The van der Waals surface area contributed by atoms with Crippen LogP contribution in [0.4, 0.5) is 0 Å². The quantitative estimate of drug-likeness (QED) is 0.194. The molecule has 0 saturated heterocycles. The van der Waals surface area contributed by atoms with Crippen LogP contribution in [-0.4, -0.2) is 58.0 Å². The van der Waals surface area contributed by atoms with Crippen LogP contribution in [0.2, 0.25) is 0 Å². The smallest absolute Gasteiger partial charge is 0.216 e. The van der Waals surface area contributed by atoms with Gasteiger partial charge in [0.25, 0.3) is 0 Å². The number of aliphatic imine (C=N–C) groups is 1. The van der Waals surface area contributed by atoms with Crippen LogP contribution >= 0.6 is 24.0 Å². The standard InChI is InChI=1S/C22H41N5O2S.HI/c1-7-27(8-2)15-9-10-19(5)25-22(23-6)24-16-20-11-13-21(14-12-20)17-30(28,29)26-18(3)4;/h11-14,18-19,26H,7-10,15-17H2,1-6H3,(H2,23,24,25);1H. The van der Waals surface area contributed by atoms with E-state index in [9.17, 15) is 8.42 Å². The van der Waals surface area contributed by atoms with E-state index < -0.39 is 10.0 Å². The zero-order chi connectivity index (χ0) is 22.6. The van der Waals surface area contributed by atoms with E-state index in [4.69, 9.17) is 0 Å². The van der Waals surface area contributed by atoms with Gasteiger partial charge < -0.3 is 15.5 Å². The van der Waals surface area contributed by atoms with Crippen LogP contribution in [0.25, 0.3) is 0 Å². The maximum absolute atomic E-state index is 12.0. The molecule has 1 aromatic carbocycles. The first-order valence-electron chi connectivity index (χ1n) is 11.0. The number of sulfonamides is 1. The van der Waals surface area contributed by atoms with Crippen LogP contribution in [0.15, 0.2) is 29.3 Å². The number of hydrogen-bond donors (Lipinski definition) is 3. The zero-order valence-electron chi connectivity index (χ0n) is 19.9. The molecule has 0 heterocycles. The summed E-state index contributed by atoms with van der Waals surface area (Å²) in [6.45, 7) is 14.2. The summed E-state index contributed by atoms with van der Waals surface area (Å²) in [5.74, 6) is 0.769. The molecule has 3 N–H and O–H groups in total. The fraction of sp³-hybridized carbons (Fsp3) is 0.682. The van der Waals surface area contributed by atoms with E-state index in [0.717, 1.165) is 49.6 Å². The largest absolute Gasteiger partial charge is 0.354 e. The molecule has 180 valence electrons. The van der Waals surface area contributed by atoms with E-state index in [0.29, 0.717) is 12.6 Å². The lowest BCUT2D eigenvalue weighted by Crippen LogP contribution is -2.42. The molecular weight excluding hydrogens is 525 g/mol. The number of halogens is 1. The van der Waals surface area contributed by atoms with Crippen molar-refractivity contribution < 1.29 is 8.42 Å². The van der Waals surface area contributed by atoms with Gasteiger partial charge in [-0.05, 0) is 64.4 Å². The van der Waals surface area contributed by atoms with E-state index >= 15 is 0 Å². The maximum Gasteiger partial charge on any atom is 0.216 e. The highest BCUT2D eigenvalue weighted by molar-refractivity contribution is 14.0. The molecule has 1 rings (SSSR count). The van der Waals surface area contributed by atoms with E-state index in [1.165, 1.54) is 0 Å². The van der Waals surface area contributed by atoms with Crippen LogP contribution in [-0.2, 0) is 22.3 Å². The predicted molar refractivity (Wildman–Crippen MR) is 143 cm³/mol. The first-order chi connectivity index (χ1) is 14.2. The lowest BCUT2D eigenvalue weighted by molar-refractivity contribution is 0.292. The molecule has 7 nitrogen and oxygen atoms in total. The highest BCUT2D eigenvalue weighted by atomic mass is 127. The number of benzene rings is 1. The maximum atomic E-state index is 12.0. The molecule has 0 aliphatic rings. The van der Waals surface area contributed by atoms with E-state index in [1.807, 2.05) is 38.1 Å². The zero-order valence-corrected chi connectivity index (χ0v) is 23.1. The molecule has 1 atom stereocenters. The molecule has 0 fully saturated rings. The van der Waals surface area contributed by atoms with Gasteiger partial charge in [0.2, 0.25) is 10.0 Å². The van der Waals surface area contributed by atoms with Gasteiger partial charge in [-0.1, -0.05) is 38.1 Å². The van der Waals surface area contributed by atoms with Gasteiger partial charge in [0, 0.05) is 25.7 Å². The Kier molecular flexibility index (Phi) is 15.4. The SMILES string of the molecule is CCN(CC)CCCC(C)NC(=NC)NCc1ccc(CS(=O)(=O)NC(C)C)cc1.I. The second-order valence-electron chi connectivity index (χ2n) is 7.99. The molecule has 0 amide bonds. The molecule has 0 radical (unpaired) electrons. The predicted octanol–water partition coefficient (Wildman–Crippen LogP) is 3.31. The van der Waals surface area contributed by atoms with Crippen LogP contribution in [0.5, 0.6) is 0 Å². The highest BCUT2D eigenvalue weighted by Crippen LogP contribution is 2.08. The lowest BCUT2D eigenvalue weighted by atomic mass is 10.1. The lowest BCUT2D eigenvalue weighted by Gasteiger charge is -2.21. The first-order valence-corrected chi connectivity index (χ1v) is 12.6. The Bertz CT molecular complexity index is 735. The molecule has 9 heteroatoms. The number of hydrogen-bond acceptors (Lipinski definition) is 4. The molecule has 0 spiro atoms. The van der Waals surface area contributed by atoms with Gasteiger partial charge in [-0.3, -0.25) is 4.99 Å². The number of nitrogens with one attached hydrogen (secondary N) is 3. The summed E-state index contributed by atoms with van der Waals surface area (Å²) >= 11 is 0. The van der Waals surface area contributed by atoms with Crippen LogP contribution in [0.3, 0.4) is 0 Å². The summed E-state index contributed by atoms with van der Waals surface area (Å²) in [4.78, 5) is 6.75. The average Bonchev–Trinajstić information content (AvgIpc) is 2.68. The third kappa shape index (κ3) is 13.3. The summed E-state index contributed by atoms with van der Waals surface area (Å²) in [5, 5.41) is 6.77. The van der Waals surface area contributed by atoms with Crippen molar-refractivity contribution in [2.75, 3.05) is 26.7 Å². The van der Waals surface area contributed by atoms with Crippen molar-refractivity contribution in [1.82, 2.24) is 20.3 Å². The first kappa shape index (κ1) is 30.1. The van der Waals surface area contributed by atoms with Crippen molar-refractivity contribution in [3.05, 3.63) is 35.4 Å². The van der Waals surface area contributed by atoms with Crippen molar-refractivity contribution in [3.8, 4) is 0 Å². The molecule has 1 aromatic rings. The van der Waals surface area contributed by atoms with Crippen molar-refractivity contribution in [1.29, 1.82) is 0 Å². The van der Waals surface area contributed by atoms with Crippen molar-refractivity contribution in [2.45, 2.75) is 71.8 Å². The number of guanidine groups is 1. The van der Waals surface area contributed by atoms with Gasteiger partial charge in [0.15, 0.2) is 5.96 Å². The van der Waals surface area contributed by atoms with Crippen LogP contribution in [0.1, 0.15) is 58.6 Å². The van der Waals surface area contributed by atoms with Crippen LogP contribution < -0.4 is 15.4 Å². The molecule has 0 aliphatic heterocycles. The summed E-state index contributed by atoms with van der Waals surface area (Å²) < 4.78 is 26.7. The minimum absolute atomic E-state index is 0. The van der Waals surface area contributed by atoms with Crippen molar-refractivity contribution in [2.24, 2.45) is 4.99 Å². The highest BCUT2D eigenvalue weighted by Gasteiger charge is 2.13. The third-order valence-electron chi connectivity index (χ3n) is 4.87. The molecule has 1 unspecified atom stereocenters. The fourth-order valence-corrected chi connectivity index (χ4v) is 4.65. The van der Waals surface area contributed by atoms with Gasteiger partial charge in [-0.25, -0.2) is 13.1 Å². The van der Waals surface area contributed by atoms with Gasteiger partial charge in [-0.2, -0.15) is 0 Å². The van der Waals surface area contributed by atoms with E-state index in [2.05, 4.69) is 46.0 Å². The second-order valence-corrected chi connectivity index (χ2v) is 9.74. The monoisotopic (exact) mass is 567 g/mol. The van der Waals surface area contributed by atoms with Gasteiger partial charge in [0.05, 0.1) is 5.75 Å². The molecule has 0 aromatic heterocycles. The van der Waals surface area contributed by atoms with Crippen LogP contribution in [0, 0.1) is 0 Å². The molecule has 0 aliphatic carbocycles. The average molecular weight is 568 g/mol. The minimum Gasteiger partial charge on any atom is -0.354 e. The Labute approximate surface area is 206 Å². The van der Waals surface area contributed by atoms with E-state index in [1.54, 1.807) is 7.05 Å². The fourth-order valence-electron chi connectivity index (χ4n) is 3.22. The topological polar surface area (TPSA) is 85.8 Å². The normalized spacial score (nSPS) is 13.2. The molecule has 31 heavy (non-hydrogen) atoms. The molecule has 0 saturated carbocycles.